The van der Waals surface area contributed by atoms with Crippen LogP contribution < -0.4 is 10.1 Å². The lowest BCUT2D eigenvalue weighted by Gasteiger charge is -2.09. The fraction of sp³-hybridized carbons (Fsp3) is 0.143. The third kappa shape index (κ3) is 3.68. The average molecular weight is 311 g/mol. The Kier molecular flexibility index (Phi) is 4.72. The molecule has 0 saturated heterocycles. The first-order valence-corrected chi connectivity index (χ1v) is 6.44. The van der Waals surface area contributed by atoms with Crippen molar-refractivity contribution in [3.8, 4) is 11.5 Å². The van der Waals surface area contributed by atoms with E-state index in [1.165, 1.54) is 6.07 Å². The molecule has 0 spiro atoms. The van der Waals surface area contributed by atoms with Crippen molar-refractivity contribution in [2.45, 2.75) is 6.54 Å². The fourth-order valence-electron chi connectivity index (χ4n) is 1.78. The molecule has 1 N–H and O–H groups in total. The zero-order valence-corrected chi connectivity index (χ0v) is 11.9. The van der Waals surface area contributed by atoms with Gasteiger partial charge in [-0.25, -0.2) is 4.39 Å². The molecule has 0 bridgehead atoms. The molecule has 0 radical (unpaired) electrons. The highest BCUT2D eigenvalue weighted by Gasteiger charge is 2.18. The van der Waals surface area contributed by atoms with E-state index in [1.54, 1.807) is 25.2 Å². The van der Waals surface area contributed by atoms with Gasteiger partial charge >= 0.3 is 5.69 Å². The molecule has 0 aromatic heterocycles. The van der Waals surface area contributed by atoms with E-state index in [9.17, 15) is 14.5 Å². The van der Waals surface area contributed by atoms with Crippen molar-refractivity contribution in [1.29, 1.82) is 0 Å². The van der Waals surface area contributed by atoms with Gasteiger partial charge in [0.25, 0.3) is 0 Å². The van der Waals surface area contributed by atoms with Crippen LogP contribution in [0.5, 0.6) is 11.5 Å². The van der Waals surface area contributed by atoms with E-state index >= 15 is 0 Å². The Morgan fingerprint density at radius 2 is 2.00 bits per heavy atom. The predicted octanol–water partition coefficient (Wildman–Crippen LogP) is 3.90. The lowest BCUT2D eigenvalue weighted by atomic mass is 10.2. The second-order valence-electron chi connectivity index (χ2n) is 4.27. The van der Waals surface area contributed by atoms with Gasteiger partial charge < -0.3 is 10.1 Å². The van der Waals surface area contributed by atoms with Crippen LogP contribution >= 0.6 is 11.6 Å². The van der Waals surface area contributed by atoms with Crippen LogP contribution in [0.1, 0.15) is 5.56 Å². The highest BCUT2D eigenvalue weighted by atomic mass is 35.5. The minimum atomic E-state index is -0.707. The van der Waals surface area contributed by atoms with Gasteiger partial charge in [-0.2, -0.15) is 0 Å². The molecule has 5 nitrogen and oxygen atoms in total. The van der Waals surface area contributed by atoms with Crippen molar-refractivity contribution in [3.63, 3.8) is 0 Å². The first-order valence-electron chi connectivity index (χ1n) is 6.06. The van der Waals surface area contributed by atoms with E-state index in [1.807, 2.05) is 0 Å². The van der Waals surface area contributed by atoms with E-state index in [0.29, 0.717) is 11.6 Å². The molecule has 0 unspecified atom stereocenters. The van der Waals surface area contributed by atoms with Crippen molar-refractivity contribution < 1.29 is 14.1 Å². The number of halogens is 2. The number of nitrogens with one attached hydrogen (secondary N) is 1. The van der Waals surface area contributed by atoms with Crippen LogP contribution in [0, 0.1) is 15.9 Å². The molecule has 2 aromatic rings. The second kappa shape index (κ2) is 6.51. The van der Waals surface area contributed by atoms with Gasteiger partial charge in [-0.1, -0.05) is 17.7 Å². The lowest BCUT2D eigenvalue weighted by Crippen LogP contribution is -2.04. The zero-order valence-electron chi connectivity index (χ0n) is 11.1. The van der Waals surface area contributed by atoms with Gasteiger partial charge in [0, 0.05) is 6.54 Å². The molecule has 0 atom stereocenters. The summed E-state index contributed by atoms with van der Waals surface area (Å²) in [5.41, 5.74) is 0.494. The van der Waals surface area contributed by atoms with E-state index in [0.717, 1.165) is 17.7 Å². The van der Waals surface area contributed by atoms with Crippen molar-refractivity contribution in [3.05, 3.63) is 62.9 Å². The van der Waals surface area contributed by atoms with E-state index < -0.39 is 16.4 Å². The first-order chi connectivity index (χ1) is 10.0. The average Bonchev–Trinajstić information content (AvgIpc) is 2.43. The molecule has 110 valence electrons. The zero-order chi connectivity index (χ0) is 15.4. The number of ether oxygens (including phenoxy) is 1. The monoisotopic (exact) mass is 310 g/mol. The van der Waals surface area contributed by atoms with Crippen LogP contribution in [0.15, 0.2) is 36.4 Å². The standard InChI is InChI=1S/C14H12ClFN2O3/c1-17-8-9-2-4-13(11(15)6-9)21-14-5-3-10(16)7-12(14)18(19)20/h2-7,17H,8H2,1H3. The summed E-state index contributed by atoms with van der Waals surface area (Å²) >= 11 is 6.08. The highest BCUT2D eigenvalue weighted by Crippen LogP contribution is 2.35. The van der Waals surface area contributed by atoms with Crippen molar-refractivity contribution in [2.75, 3.05) is 7.05 Å². The van der Waals surface area contributed by atoms with Crippen LogP contribution in [0.25, 0.3) is 0 Å². The fourth-order valence-corrected chi connectivity index (χ4v) is 2.02. The van der Waals surface area contributed by atoms with Crippen molar-refractivity contribution >= 4 is 17.3 Å². The summed E-state index contributed by atoms with van der Waals surface area (Å²) in [6.07, 6.45) is 0. The molecule has 21 heavy (non-hydrogen) atoms. The van der Waals surface area contributed by atoms with Crippen LogP contribution in [-0.2, 0) is 6.54 Å². The topological polar surface area (TPSA) is 64.4 Å². The lowest BCUT2D eigenvalue weighted by molar-refractivity contribution is -0.385. The summed E-state index contributed by atoms with van der Waals surface area (Å²) in [5.74, 6) is -0.500. The molecule has 7 heteroatoms. The van der Waals surface area contributed by atoms with Gasteiger partial charge in [-0.3, -0.25) is 10.1 Å². The van der Waals surface area contributed by atoms with Gasteiger partial charge in [0.15, 0.2) is 0 Å². The summed E-state index contributed by atoms with van der Waals surface area (Å²) in [6.45, 7) is 0.636. The van der Waals surface area contributed by atoms with Gasteiger partial charge in [-0.05, 0) is 36.9 Å². The Morgan fingerprint density at radius 3 is 2.62 bits per heavy atom. The summed E-state index contributed by atoms with van der Waals surface area (Å²) < 4.78 is 18.5. The van der Waals surface area contributed by atoms with Gasteiger partial charge in [-0.15, -0.1) is 0 Å². The van der Waals surface area contributed by atoms with E-state index in [-0.39, 0.29) is 11.5 Å². The summed E-state index contributed by atoms with van der Waals surface area (Å²) in [7, 11) is 1.81. The second-order valence-corrected chi connectivity index (χ2v) is 4.67. The molecular formula is C14H12ClFN2O3. The molecule has 0 aliphatic rings. The van der Waals surface area contributed by atoms with Gasteiger partial charge in [0.2, 0.25) is 5.75 Å². The number of nitro benzene ring substituents is 1. The number of benzene rings is 2. The Bertz CT molecular complexity index is 679. The van der Waals surface area contributed by atoms with Gasteiger partial charge in [0.05, 0.1) is 16.0 Å². The first kappa shape index (κ1) is 15.2. The molecule has 2 rings (SSSR count). The summed E-state index contributed by atoms with van der Waals surface area (Å²) in [6, 6.07) is 8.19. The van der Waals surface area contributed by atoms with E-state index in [2.05, 4.69) is 5.32 Å². The third-order valence-corrected chi connectivity index (χ3v) is 3.01. The van der Waals surface area contributed by atoms with Gasteiger partial charge in [0.1, 0.15) is 11.6 Å². The highest BCUT2D eigenvalue weighted by molar-refractivity contribution is 6.32. The number of hydrogen-bond acceptors (Lipinski definition) is 4. The summed E-state index contributed by atoms with van der Waals surface area (Å²) in [5, 5.41) is 14.2. The maximum atomic E-state index is 13.1. The molecule has 0 fully saturated rings. The minimum absolute atomic E-state index is 0.0651. The third-order valence-electron chi connectivity index (χ3n) is 2.71. The normalized spacial score (nSPS) is 10.4. The molecule has 0 aliphatic carbocycles. The Labute approximate surface area is 125 Å². The predicted molar refractivity (Wildman–Crippen MR) is 77.3 cm³/mol. The number of nitro groups is 1. The number of rotatable bonds is 5. The van der Waals surface area contributed by atoms with Crippen LogP contribution in [0.2, 0.25) is 5.02 Å². The molecule has 2 aromatic carbocycles. The molecule has 0 aliphatic heterocycles. The van der Waals surface area contributed by atoms with Crippen LogP contribution in [0.4, 0.5) is 10.1 Å². The SMILES string of the molecule is CNCc1ccc(Oc2ccc(F)cc2[N+](=O)[O-])c(Cl)c1. The molecule has 0 heterocycles. The minimum Gasteiger partial charge on any atom is -0.449 e. The van der Waals surface area contributed by atoms with Crippen molar-refractivity contribution in [1.82, 2.24) is 5.32 Å². The largest absolute Gasteiger partial charge is 0.449 e. The maximum Gasteiger partial charge on any atom is 0.314 e. The Morgan fingerprint density at radius 1 is 1.29 bits per heavy atom. The smallest absolute Gasteiger partial charge is 0.314 e. The quantitative estimate of drug-likeness (QED) is 0.672. The summed E-state index contributed by atoms with van der Waals surface area (Å²) in [4.78, 5) is 10.2. The number of nitrogens with zero attached hydrogens (tertiary/aromatic N) is 1. The molecule has 0 amide bonds. The Balaban J connectivity index is 2.32. The van der Waals surface area contributed by atoms with Crippen molar-refractivity contribution in [2.24, 2.45) is 0 Å². The number of hydrogen-bond donors (Lipinski definition) is 1. The van der Waals surface area contributed by atoms with Crippen LogP contribution in [-0.4, -0.2) is 12.0 Å². The molecule has 0 saturated carbocycles. The Hall–Kier alpha value is -2.18. The molecular weight excluding hydrogens is 299 g/mol. The van der Waals surface area contributed by atoms with Crippen LogP contribution in [0.3, 0.4) is 0 Å². The van der Waals surface area contributed by atoms with E-state index in [4.69, 9.17) is 16.3 Å². The maximum absolute atomic E-state index is 13.1.